The molecule has 2 aromatic rings. The standard InChI is InChI=1S/C12H13ClN4S/c1-2-3-10-16-9(14)6-12(17-10)18-11-5-4-8(13)7-15-11/h4-7H,2-3H2,1H3,(H2,14,16,17). The van der Waals surface area contributed by atoms with Gasteiger partial charge in [0.1, 0.15) is 21.7 Å². The quantitative estimate of drug-likeness (QED) is 0.871. The lowest BCUT2D eigenvalue weighted by Gasteiger charge is -2.04. The van der Waals surface area contributed by atoms with Crippen LogP contribution in [0.2, 0.25) is 5.02 Å². The Labute approximate surface area is 115 Å². The van der Waals surface area contributed by atoms with E-state index in [4.69, 9.17) is 17.3 Å². The SMILES string of the molecule is CCCc1nc(N)cc(Sc2ccc(Cl)cn2)n1. The summed E-state index contributed by atoms with van der Waals surface area (Å²) in [6.45, 7) is 2.08. The molecule has 0 fully saturated rings. The molecule has 2 rings (SSSR count). The summed E-state index contributed by atoms with van der Waals surface area (Å²) in [5.74, 6) is 1.26. The first-order valence-electron chi connectivity index (χ1n) is 5.60. The minimum absolute atomic E-state index is 0.491. The molecule has 0 saturated heterocycles. The molecule has 0 radical (unpaired) electrons. The molecule has 2 aromatic heterocycles. The Hall–Kier alpha value is -1.33. The number of nitrogen functional groups attached to an aromatic ring is 1. The van der Waals surface area contributed by atoms with Crippen LogP contribution in [0, 0.1) is 0 Å². The number of aromatic nitrogens is 3. The van der Waals surface area contributed by atoms with Gasteiger partial charge in [-0.15, -0.1) is 0 Å². The predicted octanol–water partition coefficient (Wildman–Crippen LogP) is 3.21. The van der Waals surface area contributed by atoms with Gasteiger partial charge in [0.25, 0.3) is 0 Å². The van der Waals surface area contributed by atoms with Crippen LogP contribution in [0.1, 0.15) is 19.2 Å². The summed E-state index contributed by atoms with van der Waals surface area (Å²) in [6, 6.07) is 5.40. The Morgan fingerprint density at radius 1 is 1.28 bits per heavy atom. The first kappa shape index (κ1) is 13.1. The third-order valence-electron chi connectivity index (χ3n) is 2.15. The van der Waals surface area contributed by atoms with Crippen molar-refractivity contribution in [2.45, 2.75) is 29.8 Å². The maximum atomic E-state index is 5.79. The number of pyridine rings is 1. The zero-order valence-electron chi connectivity index (χ0n) is 9.93. The molecule has 4 nitrogen and oxygen atoms in total. The zero-order valence-corrected chi connectivity index (χ0v) is 11.5. The Morgan fingerprint density at radius 2 is 2.11 bits per heavy atom. The van der Waals surface area contributed by atoms with Crippen molar-refractivity contribution < 1.29 is 0 Å². The second-order valence-electron chi connectivity index (χ2n) is 3.71. The summed E-state index contributed by atoms with van der Waals surface area (Å²) in [5.41, 5.74) is 5.76. The van der Waals surface area contributed by atoms with E-state index in [1.165, 1.54) is 11.8 Å². The van der Waals surface area contributed by atoms with Crippen molar-refractivity contribution in [3.63, 3.8) is 0 Å². The number of halogens is 1. The molecule has 0 aliphatic heterocycles. The molecule has 2 heterocycles. The number of nitrogens with two attached hydrogens (primary N) is 1. The lowest BCUT2D eigenvalue weighted by Crippen LogP contribution is -2.00. The zero-order chi connectivity index (χ0) is 13.0. The minimum Gasteiger partial charge on any atom is -0.384 e. The van der Waals surface area contributed by atoms with Crippen molar-refractivity contribution in [1.29, 1.82) is 0 Å². The molecule has 0 aromatic carbocycles. The van der Waals surface area contributed by atoms with Crippen molar-refractivity contribution in [3.8, 4) is 0 Å². The van der Waals surface area contributed by atoms with E-state index >= 15 is 0 Å². The van der Waals surface area contributed by atoms with Crippen molar-refractivity contribution in [2.24, 2.45) is 0 Å². The van der Waals surface area contributed by atoms with Crippen LogP contribution in [-0.2, 0) is 6.42 Å². The first-order valence-corrected chi connectivity index (χ1v) is 6.79. The molecule has 0 amide bonds. The topological polar surface area (TPSA) is 64.7 Å². The fourth-order valence-corrected chi connectivity index (χ4v) is 2.31. The van der Waals surface area contributed by atoms with Crippen LogP contribution in [-0.4, -0.2) is 15.0 Å². The molecular weight excluding hydrogens is 268 g/mol. The molecule has 94 valence electrons. The molecular formula is C12H13ClN4S. The van der Waals surface area contributed by atoms with Gasteiger partial charge in [-0.25, -0.2) is 15.0 Å². The maximum absolute atomic E-state index is 5.79. The summed E-state index contributed by atoms with van der Waals surface area (Å²) in [5, 5.41) is 2.26. The molecule has 0 atom stereocenters. The first-order chi connectivity index (χ1) is 8.67. The second kappa shape index (κ2) is 6.02. The van der Waals surface area contributed by atoms with Crippen LogP contribution in [0.4, 0.5) is 5.82 Å². The van der Waals surface area contributed by atoms with Gasteiger partial charge in [0, 0.05) is 18.7 Å². The number of hydrogen-bond donors (Lipinski definition) is 1. The number of nitrogens with zero attached hydrogens (tertiary/aromatic N) is 3. The second-order valence-corrected chi connectivity index (χ2v) is 5.19. The summed E-state index contributed by atoms with van der Waals surface area (Å²) >= 11 is 7.24. The summed E-state index contributed by atoms with van der Waals surface area (Å²) in [7, 11) is 0. The Bertz CT molecular complexity index is 530. The van der Waals surface area contributed by atoms with Gasteiger partial charge in [0.05, 0.1) is 5.02 Å². The Balaban J connectivity index is 2.20. The lowest BCUT2D eigenvalue weighted by atomic mass is 10.3. The van der Waals surface area contributed by atoms with Crippen LogP contribution in [0.5, 0.6) is 0 Å². The van der Waals surface area contributed by atoms with Crippen molar-refractivity contribution >= 4 is 29.2 Å². The van der Waals surface area contributed by atoms with Gasteiger partial charge in [0.15, 0.2) is 0 Å². The molecule has 2 N–H and O–H groups in total. The van der Waals surface area contributed by atoms with Crippen LogP contribution in [0.15, 0.2) is 34.4 Å². The van der Waals surface area contributed by atoms with Crippen molar-refractivity contribution in [2.75, 3.05) is 5.73 Å². The van der Waals surface area contributed by atoms with E-state index in [0.29, 0.717) is 10.8 Å². The minimum atomic E-state index is 0.491. The van der Waals surface area contributed by atoms with Gasteiger partial charge in [-0.3, -0.25) is 0 Å². The number of hydrogen-bond acceptors (Lipinski definition) is 5. The average Bonchev–Trinajstić information content (AvgIpc) is 2.32. The summed E-state index contributed by atoms with van der Waals surface area (Å²) in [4.78, 5) is 12.8. The van der Waals surface area contributed by atoms with E-state index in [2.05, 4.69) is 21.9 Å². The van der Waals surface area contributed by atoms with Gasteiger partial charge >= 0.3 is 0 Å². The van der Waals surface area contributed by atoms with Gasteiger partial charge in [-0.05, 0) is 30.3 Å². The molecule has 18 heavy (non-hydrogen) atoms. The molecule has 0 unspecified atom stereocenters. The van der Waals surface area contributed by atoms with E-state index in [1.807, 2.05) is 6.07 Å². The molecule has 6 heteroatoms. The van der Waals surface area contributed by atoms with E-state index < -0.39 is 0 Å². The van der Waals surface area contributed by atoms with Crippen LogP contribution < -0.4 is 5.73 Å². The largest absolute Gasteiger partial charge is 0.384 e. The van der Waals surface area contributed by atoms with Crippen LogP contribution >= 0.6 is 23.4 Å². The Kier molecular flexibility index (Phi) is 4.38. The number of aryl methyl sites for hydroxylation is 1. The average molecular weight is 281 g/mol. The van der Waals surface area contributed by atoms with Gasteiger partial charge in [-0.1, -0.05) is 18.5 Å². The fraction of sp³-hybridized carbons (Fsp3) is 0.250. The van der Waals surface area contributed by atoms with E-state index in [9.17, 15) is 0 Å². The van der Waals surface area contributed by atoms with Crippen LogP contribution in [0.25, 0.3) is 0 Å². The summed E-state index contributed by atoms with van der Waals surface area (Å²) in [6.07, 6.45) is 3.43. The monoisotopic (exact) mass is 280 g/mol. The van der Waals surface area contributed by atoms with E-state index in [-0.39, 0.29) is 0 Å². The van der Waals surface area contributed by atoms with E-state index in [1.54, 1.807) is 18.3 Å². The molecule has 0 bridgehead atoms. The third-order valence-corrected chi connectivity index (χ3v) is 3.24. The van der Waals surface area contributed by atoms with E-state index in [0.717, 1.165) is 28.7 Å². The third kappa shape index (κ3) is 3.58. The highest BCUT2D eigenvalue weighted by Gasteiger charge is 2.05. The van der Waals surface area contributed by atoms with Crippen molar-refractivity contribution in [3.05, 3.63) is 35.2 Å². The van der Waals surface area contributed by atoms with Gasteiger partial charge < -0.3 is 5.73 Å². The Morgan fingerprint density at radius 3 is 2.78 bits per heavy atom. The maximum Gasteiger partial charge on any atom is 0.132 e. The highest BCUT2D eigenvalue weighted by atomic mass is 35.5. The van der Waals surface area contributed by atoms with Gasteiger partial charge in [-0.2, -0.15) is 0 Å². The van der Waals surface area contributed by atoms with Crippen LogP contribution in [0.3, 0.4) is 0 Å². The normalized spacial score (nSPS) is 10.6. The highest BCUT2D eigenvalue weighted by Crippen LogP contribution is 2.26. The fourth-order valence-electron chi connectivity index (χ4n) is 1.41. The molecule has 0 aliphatic carbocycles. The molecule has 0 spiro atoms. The molecule has 0 saturated carbocycles. The predicted molar refractivity (Wildman–Crippen MR) is 73.8 cm³/mol. The number of anilines is 1. The van der Waals surface area contributed by atoms with Gasteiger partial charge in [0.2, 0.25) is 0 Å². The smallest absolute Gasteiger partial charge is 0.132 e. The lowest BCUT2D eigenvalue weighted by molar-refractivity contribution is 0.813. The number of rotatable bonds is 4. The molecule has 0 aliphatic rings. The summed E-state index contributed by atoms with van der Waals surface area (Å²) < 4.78 is 0. The van der Waals surface area contributed by atoms with Crippen molar-refractivity contribution in [1.82, 2.24) is 15.0 Å². The highest BCUT2D eigenvalue weighted by molar-refractivity contribution is 7.99.